The highest BCUT2D eigenvalue weighted by atomic mass is 19.1. The number of rotatable bonds is 3. The topological polar surface area (TPSA) is 27.1 Å². The fourth-order valence-corrected chi connectivity index (χ4v) is 2.60. The summed E-state index contributed by atoms with van der Waals surface area (Å²) in [7, 11) is 1.95. The fourth-order valence-electron chi connectivity index (χ4n) is 2.60. The van der Waals surface area contributed by atoms with Gasteiger partial charge in [-0.2, -0.15) is 0 Å². The molecule has 0 bridgehead atoms. The minimum atomic E-state index is -0.607. The number of benzene rings is 1. The van der Waals surface area contributed by atoms with Gasteiger partial charge >= 0.3 is 0 Å². The molecule has 114 valence electrons. The van der Waals surface area contributed by atoms with E-state index < -0.39 is 11.6 Å². The maximum absolute atomic E-state index is 13.2. The summed E-state index contributed by atoms with van der Waals surface area (Å²) in [4.78, 5) is 4.39. The van der Waals surface area contributed by atoms with E-state index in [1.54, 1.807) is 12.3 Å². The molecule has 5 heteroatoms. The second-order valence-corrected chi connectivity index (χ2v) is 5.34. The zero-order valence-electron chi connectivity index (χ0n) is 12.7. The quantitative estimate of drug-likeness (QED) is 0.730. The molecule has 0 fully saturated rings. The molecule has 0 aliphatic carbocycles. The van der Waals surface area contributed by atoms with Crippen molar-refractivity contribution in [1.29, 1.82) is 0 Å². The number of pyridine rings is 1. The van der Waals surface area contributed by atoms with Gasteiger partial charge in [-0.1, -0.05) is 0 Å². The molecular weight excluding hydrogens is 286 g/mol. The van der Waals surface area contributed by atoms with Crippen molar-refractivity contribution in [2.24, 2.45) is 7.05 Å². The van der Waals surface area contributed by atoms with Crippen molar-refractivity contribution in [3.05, 3.63) is 58.9 Å². The van der Waals surface area contributed by atoms with Gasteiger partial charge in [-0.3, -0.25) is 4.98 Å². The van der Waals surface area contributed by atoms with Crippen LogP contribution in [0.1, 0.15) is 16.8 Å². The summed E-state index contributed by atoms with van der Waals surface area (Å²) in [6.45, 7) is 4.12. The fraction of sp³-hybridized carbons (Fsp3) is 0.235. The molecule has 0 aliphatic heterocycles. The third-order valence-electron chi connectivity index (χ3n) is 3.94. The van der Waals surface area contributed by atoms with E-state index in [4.69, 9.17) is 4.74 Å². The first-order valence-corrected chi connectivity index (χ1v) is 6.95. The Morgan fingerprint density at radius 2 is 1.82 bits per heavy atom. The van der Waals surface area contributed by atoms with Crippen LogP contribution in [0.15, 0.2) is 30.5 Å². The van der Waals surface area contributed by atoms with Gasteiger partial charge in [0, 0.05) is 31.1 Å². The standard InChI is InChI=1S/C17H16F2N2O/c1-10-11(2)21(3)17-15(4-5-20-16(10)17)22-9-12-6-13(18)8-14(19)7-12/h4-8H,9H2,1-3H3. The van der Waals surface area contributed by atoms with E-state index in [0.29, 0.717) is 11.3 Å². The lowest BCUT2D eigenvalue weighted by Gasteiger charge is -2.09. The Kier molecular flexibility index (Phi) is 3.56. The largest absolute Gasteiger partial charge is 0.487 e. The van der Waals surface area contributed by atoms with Crippen LogP contribution in [0.25, 0.3) is 11.0 Å². The molecule has 2 aromatic heterocycles. The van der Waals surface area contributed by atoms with E-state index in [0.717, 1.165) is 28.4 Å². The lowest BCUT2D eigenvalue weighted by Crippen LogP contribution is -2.00. The van der Waals surface area contributed by atoms with Crippen LogP contribution in [0.4, 0.5) is 8.78 Å². The van der Waals surface area contributed by atoms with Crippen LogP contribution >= 0.6 is 0 Å². The second kappa shape index (κ2) is 5.40. The van der Waals surface area contributed by atoms with E-state index in [9.17, 15) is 8.78 Å². The van der Waals surface area contributed by atoms with Crippen molar-refractivity contribution >= 4 is 11.0 Å². The first-order chi connectivity index (χ1) is 10.5. The van der Waals surface area contributed by atoms with E-state index in [1.807, 2.05) is 25.5 Å². The van der Waals surface area contributed by atoms with Gasteiger partial charge in [0.25, 0.3) is 0 Å². The molecular formula is C17H16F2N2O. The highest BCUT2D eigenvalue weighted by molar-refractivity contribution is 5.86. The number of ether oxygens (including phenoxy) is 1. The van der Waals surface area contributed by atoms with Gasteiger partial charge in [-0.05, 0) is 37.1 Å². The predicted octanol–water partition coefficient (Wildman–Crippen LogP) is 4.05. The lowest BCUT2D eigenvalue weighted by molar-refractivity contribution is 0.307. The van der Waals surface area contributed by atoms with Crippen LogP contribution in [0, 0.1) is 25.5 Å². The summed E-state index contributed by atoms with van der Waals surface area (Å²) in [5, 5.41) is 0. The highest BCUT2D eigenvalue weighted by Gasteiger charge is 2.14. The Balaban J connectivity index is 1.96. The van der Waals surface area contributed by atoms with Crippen LogP contribution < -0.4 is 4.74 Å². The van der Waals surface area contributed by atoms with Gasteiger partial charge in [-0.25, -0.2) is 8.78 Å². The van der Waals surface area contributed by atoms with Gasteiger partial charge in [-0.15, -0.1) is 0 Å². The second-order valence-electron chi connectivity index (χ2n) is 5.34. The smallest absolute Gasteiger partial charge is 0.147 e. The van der Waals surface area contributed by atoms with Crippen molar-refractivity contribution in [1.82, 2.24) is 9.55 Å². The molecule has 0 spiro atoms. The third-order valence-corrected chi connectivity index (χ3v) is 3.94. The average molecular weight is 302 g/mol. The number of halogens is 2. The number of fused-ring (bicyclic) bond motifs is 1. The maximum atomic E-state index is 13.2. The Morgan fingerprint density at radius 1 is 1.14 bits per heavy atom. The van der Waals surface area contributed by atoms with Crippen molar-refractivity contribution in [3.8, 4) is 5.75 Å². The van der Waals surface area contributed by atoms with Gasteiger partial charge < -0.3 is 9.30 Å². The highest BCUT2D eigenvalue weighted by Crippen LogP contribution is 2.30. The maximum Gasteiger partial charge on any atom is 0.147 e. The average Bonchev–Trinajstić information content (AvgIpc) is 2.70. The molecule has 2 heterocycles. The number of hydrogen-bond acceptors (Lipinski definition) is 2. The van der Waals surface area contributed by atoms with Crippen LogP contribution in [0.2, 0.25) is 0 Å². The SMILES string of the molecule is Cc1c(C)n(C)c2c(OCc3cc(F)cc(F)c3)ccnc12. The van der Waals surface area contributed by atoms with Crippen LogP contribution in [0.3, 0.4) is 0 Å². The van der Waals surface area contributed by atoms with Gasteiger partial charge in [0.15, 0.2) is 0 Å². The molecule has 0 N–H and O–H groups in total. The minimum absolute atomic E-state index is 0.0943. The summed E-state index contributed by atoms with van der Waals surface area (Å²) >= 11 is 0. The first kappa shape index (κ1) is 14.5. The van der Waals surface area contributed by atoms with Gasteiger partial charge in [0.1, 0.15) is 29.5 Å². The Morgan fingerprint density at radius 3 is 2.50 bits per heavy atom. The molecule has 0 amide bonds. The van der Waals surface area contributed by atoms with E-state index in [1.165, 1.54) is 12.1 Å². The third kappa shape index (κ3) is 2.43. The molecule has 1 aromatic carbocycles. The van der Waals surface area contributed by atoms with Crippen molar-refractivity contribution in [2.45, 2.75) is 20.5 Å². The molecule has 0 atom stereocenters. The van der Waals surface area contributed by atoms with E-state index in [2.05, 4.69) is 4.98 Å². The summed E-state index contributed by atoms with van der Waals surface area (Å²) in [6.07, 6.45) is 1.68. The van der Waals surface area contributed by atoms with Crippen LogP contribution in [-0.2, 0) is 13.7 Å². The molecule has 3 rings (SSSR count). The monoisotopic (exact) mass is 302 g/mol. The minimum Gasteiger partial charge on any atom is -0.487 e. The Bertz CT molecular complexity index is 835. The van der Waals surface area contributed by atoms with Crippen molar-refractivity contribution in [3.63, 3.8) is 0 Å². The molecule has 22 heavy (non-hydrogen) atoms. The number of hydrogen-bond donors (Lipinski definition) is 0. The normalized spacial score (nSPS) is 11.1. The van der Waals surface area contributed by atoms with Gasteiger partial charge in [0.05, 0.1) is 5.52 Å². The first-order valence-electron chi connectivity index (χ1n) is 6.95. The lowest BCUT2D eigenvalue weighted by atomic mass is 10.2. The number of aromatic nitrogens is 2. The molecule has 0 radical (unpaired) electrons. The molecule has 3 nitrogen and oxygen atoms in total. The van der Waals surface area contributed by atoms with Crippen molar-refractivity contribution in [2.75, 3.05) is 0 Å². The molecule has 0 saturated heterocycles. The zero-order valence-corrected chi connectivity index (χ0v) is 12.7. The van der Waals surface area contributed by atoms with Crippen molar-refractivity contribution < 1.29 is 13.5 Å². The molecule has 0 aliphatic rings. The molecule has 3 aromatic rings. The zero-order chi connectivity index (χ0) is 15.9. The summed E-state index contributed by atoms with van der Waals surface area (Å²) in [6, 6.07) is 5.14. The summed E-state index contributed by atoms with van der Waals surface area (Å²) in [5.74, 6) is -0.568. The van der Waals surface area contributed by atoms with Gasteiger partial charge in [0.2, 0.25) is 0 Å². The van der Waals surface area contributed by atoms with E-state index in [-0.39, 0.29) is 6.61 Å². The molecule has 0 saturated carbocycles. The Hall–Kier alpha value is -2.43. The van der Waals surface area contributed by atoms with Crippen LogP contribution in [-0.4, -0.2) is 9.55 Å². The van der Waals surface area contributed by atoms with E-state index >= 15 is 0 Å². The molecule has 0 unspecified atom stereocenters. The number of aryl methyl sites for hydroxylation is 2. The predicted molar refractivity (Wildman–Crippen MR) is 80.9 cm³/mol. The van der Waals surface area contributed by atoms with Crippen LogP contribution in [0.5, 0.6) is 5.75 Å². The summed E-state index contributed by atoms with van der Waals surface area (Å²) < 4.78 is 34.2. The Labute approximate surface area is 127 Å². The number of nitrogens with zero attached hydrogens (tertiary/aromatic N) is 2. The summed E-state index contributed by atoms with van der Waals surface area (Å²) in [5.41, 5.74) is 4.41.